The second-order valence-corrected chi connectivity index (χ2v) is 6.01. The fourth-order valence-electron chi connectivity index (χ4n) is 3.36. The Morgan fingerprint density at radius 2 is 2.18 bits per heavy atom. The number of carboxylic acids is 1. The number of benzene rings is 1. The summed E-state index contributed by atoms with van der Waals surface area (Å²) in [5.41, 5.74) is 3.45. The van der Waals surface area contributed by atoms with Gasteiger partial charge in [0.1, 0.15) is 11.8 Å². The van der Waals surface area contributed by atoms with Crippen molar-refractivity contribution < 1.29 is 14.3 Å². The van der Waals surface area contributed by atoms with E-state index >= 15 is 0 Å². The molecule has 4 nitrogen and oxygen atoms in total. The van der Waals surface area contributed by atoms with E-state index in [2.05, 4.69) is 36.9 Å². The van der Waals surface area contributed by atoms with E-state index in [1.54, 1.807) is 6.26 Å². The Labute approximate surface area is 130 Å². The lowest BCUT2D eigenvalue weighted by molar-refractivity contribution is -0.142. The standard InChI is InChI=1S/C18H21NO3/c1-12-7-8-13(2)14(11-12)17(16-6-4-10-22-16)19-9-3-5-15(19)18(20)21/h4,6-8,10-11,15,17H,3,5,9H2,1-2H3,(H,20,21). The number of aliphatic carboxylic acids is 1. The molecule has 1 aliphatic heterocycles. The summed E-state index contributed by atoms with van der Waals surface area (Å²) in [5, 5.41) is 9.53. The predicted molar refractivity (Wildman–Crippen MR) is 83.8 cm³/mol. The van der Waals surface area contributed by atoms with Crippen LogP contribution in [0.4, 0.5) is 0 Å². The van der Waals surface area contributed by atoms with E-state index in [4.69, 9.17) is 4.42 Å². The first-order valence-corrected chi connectivity index (χ1v) is 7.67. The van der Waals surface area contributed by atoms with Crippen LogP contribution in [0.3, 0.4) is 0 Å². The number of hydrogen-bond acceptors (Lipinski definition) is 3. The first kappa shape index (κ1) is 14.9. The van der Waals surface area contributed by atoms with Crippen LogP contribution in [0, 0.1) is 13.8 Å². The molecule has 0 amide bonds. The molecule has 0 bridgehead atoms. The first-order valence-electron chi connectivity index (χ1n) is 7.67. The van der Waals surface area contributed by atoms with E-state index < -0.39 is 12.0 Å². The third-order valence-electron chi connectivity index (χ3n) is 4.45. The van der Waals surface area contributed by atoms with E-state index in [1.165, 1.54) is 5.56 Å². The lowest BCUT2D eigenvalue weighted by Crippen LogP contribution is -2.39. The zero-order chi connectivity index (χ0) is 15.7. The Morgan fingerprint density at radius 1 is 1.36 bits per heavy atom. The molecule has 4 heteroatoms. The molecular formula is C18H21NO3. The number of rotatable bonds is 4. The number of likely N-dealkylation sites (tertiary alicyclic amines) is 1. The van der Waals surface area contributed by atoms with Crippen LogP contribution >= 0.6 is 0 Å². The summed E-state index contributed by atoms with van der Waals surface area (Å²) in [7, 11) is 0. The molecule has 1 aromatic heterocycles. The minimum absolute atomic E-state index is 0.140. The molecule has 1 saturated heterocycles. The molecule has 2 heterocycles. The topological polar surface area (TPSA) is 53.7 Å². The molecule has 2 aromatic rings. The summed E-state index contributed by atoms with van der Waals surface area (Å²) in [6, 6.07) is 9.51. The third-order valence-corrected chi connectivity index (χ3v) is 4.45. The minimum Gasteiger partial charge on any atom is -0.480 e. The van der Waals surface area contributed by atoms with E-state index in [9.17, 15) is 9.90 Å². The van der Waals surface area contributed by atoms with Gasteiger partial charge in [0, 0.05) is 6.54 Å². The van der Waals surface area contributed by atoms with Crippen LogP contribution in [0.1, 0.15) is 41.3 Å². The molecule has 1 aliphatic rings. The van der Waals surface area contributed by atoms with Crippen LogP contribution < -0.4 is 0 Å². The van der Waals surface area contributed by atoms with Gasteiger partial charge in [-0.2, -0.15) is 0 Å². The van der Waals surface area contributed by atoms with Crippen molar-refractivity contribution >= 4 is 5.97 Å². The van der Waals surface area contributed by atoms with Crippen LogP contribution in [0.2, 0.25) is 0 Å². The highest BCUT2D eigenvalue weighted by atomic mass is 16.4. The third kappa shape index (κ3) is 2.66. The number of carbonyl (C=O) groups is 1. The molecule has 116 valence electrons. The van der Waals surface area contributed by atoms with Crippen molar-refractivity contribution in [2.24, 2.45) is 0 Å². The van der Waals surface area contributed by atoms with Crippen LogP contribution in [0.15, 0.2) is 41.0 Å². The number of hydrogen-bond donors (Lipinski definition) is 1. The summed E-state index contributed by atoms with van der Waals surface area (Å²) in [5.74, 6) is 0.0567. The van der Waals surface area contributed by atoms with Crippen molar-refractivity contribution in [1.29, 1.82) is 0 Å². The van der Waals surface area contributed by atoms with Gasteiger partial charge in [-0.3, -0.25) is 9.69 Å². The Morgan fingerprint density at radius 3 is 2.86 bits per heavy atom. The zero-order valence-corrected chi connectivity index (χ0v) is 13.0. The summed E-state index contributed by atoms with van der Waals surface area (Å²) in [6.07, 6.45) is 3.25. The average molecular weight is 299 g/mol. The highest BCUT2D eigenvalue weighted by Gasteiger charge is 2.38. The maximum absolute atomic E-state index is 11.6. The van der Waals surface area contributed by atoms with Crippen molar-refractivity contribution in [3.05, 3.63) is 59.0 Å². The van der Waals surface area contributed by atoms with Gasteiger partial charge in [0.15, 0.2) is 0 Å². The molecular weight excluding hydrogens is 278 g/mol. The highest BCUT2D eigenvalue weighted by Crippen LogP contribution is 2.36. The molecule has 0 spiro atoms. The van der Waals surface area contributed by atoms with E-state index in [0.29, 0.717) is 6.42 Å². The largest absolute Gasteiger partial charge is 0.480 e. The van der Waals surface area contributed by atoms with Crippen LogP contribution in [0.5, 0.6) is 0 Å². The molecule has 1 fully saturated rings. The summed E-state index contributed by atoms with van der Waals surface area (Å²) < 4.78 is 5.65. The van der Waals surface area contributed by atoms with Gasteiger partial charge < -0.3 is 9.52 Å². The maximum atomic E-state index is 11.6. The van der Waals surface area contributed by atoms with E-state index in [0.717, 1.165) is 29.9 Å². The van der Waals surface area contributed by atoms with Crippen LogP contribution in [0.25, 0.3) is 0 Å². The van der Waals surface area contributed by atoms with Crippen molar-refractivity contribution in [1.82, 2.24) is 4.90 Å². The first-order chi connectivity index (χ1) is 10.6. The zero-order valence-electron chi connectivity index (χ0n) is 13.0. The van der Waals surface area contributed by atoms with Gasteiger partial charge in [-0.25, -0.2) is 0 Å². The van der Waals surface area contributed by atoms with Crippen LogP contribution in [-0.4, -0.2) is 28.6 Å². The Hall–Kier alpha value is -2.07. The second kappa shape index (κ2) is 5.97. The molecule has 2 unspecified atom stereocenters. The van der Waals surface area contributed by atoms with Crippen molar-refractivity contribution in [3.63, 3.8) is 0 Å². The Balaban J connectivity index is 2.09. The molecule has 22 heavy (non-hydrogen) atoms. The average Bonchev–Trinajstić information content (AvgIpc) is 3.14. The van der Waals surface area contributed by atoms with Gasteiger partial charge >= 0.3 is 5.97 Å². The second-order valence-electron chi connectivity index (χ2n) is 6.01. The van der Waals surface area contributed by atoms with Gasteiger partial charge in [-0.1, -0.05) is 23.8 Å². The quantitative estimate of drug-likeness (QED) is 0.938. The lowest BCUT2D eigenvalue weighted by atomic mass is 9.95. The maximum Gasteiger partial charge on any atom is 0.320 e. The molecule has 0 saturated carbocycles. The van der Waals surface area contributed by atoms with Crippen LogP contribution in [-0.2, 0) is 4.79 Å². The SMILES string of the molecule is Cc1ccc(C)c(C(c2ccco2)N2CCCC2C(=O)O)c1. The highest BCUT2D eigenvalue weighted by molar-refractivity contribution is 5.74. The smallest absolute Gasteiger partial charge is 0.320 e. The Bertz CT molecular complexity index is 663. The normalized spacial score (nSPS) is 20.2. The van der Waals surface area contributed by atoms with E-state index in [1.807, 2.05) is 12.1 Å². The van der Waals surface area contributed by atoms with Crippen molar-refractivity contribution in [2.45, 2.75) is 38.8 Å². The molecule has 3 rings (SSSR count). The number of furan rings is 1. The van der Waals surface area contributed by atoms with Crippen molar-refractivity contribution in [3.8, 4) is 0 Å². The number of nitrogens with zero attached hydrogens (tertiary/aromatic N) is 1. The summed E-state index contributed by atoms with van der Waals surface area (Å²) in [6.45, 7) is 4.90. The molecule has 1 aromatic carbocycles. The lowest BCUT2D eigenvalue weighted by Gasteiger charge is -2.31. The summed E-state index contributed by atoms with van der Waals surface area (Å²) in [4.78, 5) is 13.7. The molecule has 2 atom stereocenters. The van der Waals surface area contributed by atoms with Gasteiger partial charge in [-0.05, 0) is 49.9 Å². The van der Waals surface area contributed by atoms with Gasteiger partial charge in [0.05, 0.1) is 12.3 Å². The number of carboxylic acid groups (broad SMARTS) is 1. The minimum atomic E-state index is -0.751. The fourth-order valence-corrected chi connectivity index (χ4v) is 3.36. The Kier molecular flexibility index (Phi) is 4.03. The molecule has 1 N–H and O–H groups in total. The van der Waals surface area contributed by atoms with Crippen molar-refractivity contribution in [2.75, 3.05) is 6.54 Å². The van der Waals surface area contributed by atoms with E-state index in [-0.39, 0.29) is 6.04 Å². The fraction of sp³-hybridized carbons (Fsp3) is 0.389. The number of aryl methyl sites for hydroxylation is 2. The summed E-state index contributed by atoms with van der Waals surface area (Å²) >= 11 is 0. The predicted octanol–water partition coefficient (Wildman–Crippen LogP) is 3.53. The molecule has 0 radical (unpaired) electrons. The van der Waals surface area contributed by atoms with Gasteiger partial charge in [0.2, 0.25) is 0 Å². The monoisotopic (exact) mass is 299 g/mol. The molecule has 0 aliphatic carbocycles. The van der Waals surface area contributed by atoms with Gasteiger partial charge in [0.25, 0.3) is 0 Å². The van der Waals surface area contributed by atoms with Gasteiger partial charge in [-0.15, -0.1) is 0 Å².